The standard InChI is InChI=1S/C24H52P.ClH/c1-5-9-12-15-18-22-25(21-8-4,23-19-16-13-10-6-2)24-20-17-14-11-7-3;/h5-24H2,1-4H3;1H/q+1;/p-1. The quantitative estimate of drug-likeness (QED) is 0.164. The number of hydrogen-bond donors (Lipinski definition) is 0. The van der Waals surface area contributed by atoms with Crippen molar-refractivity contribution in [2.75, 3.05) is 24.6 Å². The van der Waals surface area contributed by atoms with Gasteiger partial charge >= 0.3 is 0 Å². The Balaban J connectivity index is 0. The minimum Gasteiger partial charge on any atom is -1.00 e. The number of halogens is 1. The van der Waals surface area contributed by atoms with Crippen molar-refractivity contribution in [1.29, 1.82) is 0 Å². The number of hydrogen-bond acceptors (Lipinski definition) is 0. The molecule has 0 fully saturated rings. The van der Waals surface area contributed by atoms with Gasteiger partial charge in [0.2, 0.25) is 0 Å². The molecule has 0 rings (SSSR count). The SMILES string of the molecule is CCCCCCC[P+](CCC)(CCCCCCC)CCCCCCC.[Cl-]. The van der Waals surface area contributed by atoms with Gasteiger partial charge in [0, 0.05) is 7.26 Å². The highest BCUT2D eigenvalue weighted by molar-refractivity contribution is 7.75. The van der Waals surface area contributed by atoms with Gasteiger partial charge in [-0.2, -0.15) is 0 Å². The molecular formula is C24H52ClP. The van der Waals surface area contributed by atoms with Crippen molar-refractivity contribution >= 4 is 7.26 Å². The highest BCUT2D eigenvalue weighted by Gasteiger charge is 2.34. The summed E-state index contributed by atoms with van der Waals surface area (Å²) in [6, 6.07) is 0. The molecule has 0 amide bonds. The smallest absolute Gasteiger partial charge is 0.0594 e. The van der Waals surface area contributed by atoms with Crippen LogP contribution in [0.3, 0.4) is 0 Å². The van der Waals surface area contributed by atoms with Crippen molar-refractivity contribution in [3.8, 4) is 0 Å². The van der Waals surface area contributed by atoms with Gasteiger partial charge in [-0.15, -0.1) is 0 Å². The fourth-order valence-electron chi connectivity index (χ4n) is 4.30. The predicted octanol–water partition coefficient (Wildman–Crippen LogP) is 6.33. The molecule has 0 N–H and O–H groups in total. The van der Waals surface area contributed by atoms with E-state index in [2.05, 4.69) is 27.7 Å². The Hall–Kier alpha value is 0.720. The zero-order valence-electron chi connectivity index (χ0n) is 19.0. The van der Waals surface area contributed by atoms with E-state index in [1.54, 1.807) is 24.6 Å². The largest absolute Gasteiger partial charge is 1.00 e. The summed E-state index contributed by atoms with van der Waals surface area (Å²) in [4.78, 5) is 0. The maximum absolute atomic E-state index is 2.44. The molecule has 0 spiro atoms. The third kappa shape index (κ3) is 16.9. The van der Waals surface area contributed by atoms with Crippen LogP contribution in [0.5, 0.6) is 0 Å². The van der Waals surface area contributed by atoms with E-state index in [0.29, 0.717) is 0 Å². The van der Waals surface area contributed by atoms with E-state index in [4.69, 9.17) is 0 Å². The van der Waals surface area contributed by atoms with Crippen LogP contribution in [-0.2, 0) is 0 Å². The lowest BCUT2D eigenvalue weighted by molar-refractivity contribution is -0.00000581. The molecule has 26 heavy (non-hydrogen) atoms. The molecule has 0 aliphatic rings. The molecular weight excluding hydrogens is 355 g/mol. The van der Waals surface area contributed by atoms with Gasteiger partial charge in [-0.25, -0.2) is 0 Å². The Morgan fingerprint density at radius 1 is 0.346 bits per heavy atom. The van der Waals surface area contributed by atoms with Crippen LogP contribution in [0, 0.1) is 0 Å². The molecule has 0 aliphatic carbocycles. The first-order valence-electron chi connectivity index (χ1n) is 12.1. The molecule has 0 aliphatic heterocycles. The van der Waals surface area contributed by atoms with Crippen LogP contribution in [-0.4, -0.2) is 24.6 Å². The van der Waals surface area contributed by atoms with Crippen molar-refractivity contribution in [1.82, 2.24) is 0 Å². The van der Waals surface area contributed by atoms with Crippen molar-refractivity contribution in [3.05, 3.63) is 0 Å². The molecule has 0 saturated heterocycles. The summed E-state index contributed by atoms with van der Waals surface area (Å²) in [6.07, 6.45) is 30.0. The molecule has 0 unspecified atom stereocenters. The molecule has 0 aromatic rings. The second-order valence-electron chi connectivity index (χ2n) is 8.48. The highest BCUT2D eigenvalue weighted by Crippen LogP contribution is 2.61. The van der Waals surface area contributed by atoms with E-state index in [-0.39, 0.29) is 12.4 Å². The zero-order valence-corrected chi connectivity index (χ0v) is 20.6. The van der Waals surface area contributed by atoms with Crippen LogP contribution in [0.15, 0.2) is 0 Å². The fraction of sp³-hybridized carbons (Fsp3) is 1.00. The summed E-state index contributed by atoms with van der Waals surface area (Å²) >= 11 is 0. The Bertz CT molecular complexity index is 219. The van der Waals surface area contributed by atoms with Crippen LogP contribution >= 0.6 is 7.26 Å². The third-order valence-electron chi connectivity index (χ3n) is 5.91. The van der Waals surface area contributed by atoms with E-state index >= 15 is 0 Å². The van der Waals surface area contributed by atoms with Crippen LogP contribution in [0.25, 0.3) is 0 Å². The molecule has 0 saturated carbocycles. The highest BCUT2D eigenvalue weighted by atomic mass is 35.5. The minimum absolute atomic E-state index is 0. The molecule has 0 nitrogen and oxygen atoms in total. The zero-order chi connectivity index (χ0) is 18.6. The van der Waals surface area contributed by atoms with E-state index in [1.807, 2.05) is 0 Å². The number of rotatable bonds is 20. The van der Waals surface area contributed by atoms with Crippen molar-refractivity contribution in [2.45, 2.75) is 130 Å². The monoisotopic (exact) mass is 406 g/mol. The maximum Gasteiger partial charge on any atom is 0.0594 e. The normalized spacial score (nSPS) is 11.5. The molecule has 0 radical (unpaired) electrons. The van der Waals surface area contributed by atoms with E-state index in [0.717, 1.165) is 0 Å². The summed E-state index contributed by atoms with van der Waals surface area (Å²) in [6.45, 7) is 9.45. The van der Waals surface area contributed by atoms with Gasteiger partial charge in [-0.05, 0) is 44.9 Å². The van der Waals surface area contributed by atoms with Gasteiger partial charge in [0.05, 0.1) is 24.6 Å². The number of unbranched alkanes of at least 4 members (excludes halogenated alkanes) is 12. The molecule has 2 heteroatoms. The lowest BCUT2D eigenvalue weighted by atomic mass is 10.2. The van der Waals surface area contributed by atoms with Crippen LogP contribution < -0.4 is 12.4 Å². The van der Waals surface area contributed by atoms with E-state index < -0.39 is 7.26 Å². The molecule has 0 aromatic carbocycles. The average Bonchev–Trinajstić information content (AvgIpc) is 2.61. The second-order valence-corrected chi connectivity index (χ2v) is 13.0. The Morgan fingerprint density at radius 3 is 0.923 bits per heavy atom. The predicted molar refractivity (Wildman–Crippen MR) is 123 cm³/mol. The molecule has 0 aromatic heterocycles. The van der Waals surface area contributed by atoms with Gasteiger partial charge in [-0.1, -0.05) is 85.5 Å². The van der Waals surface area contributed by atoms with Crippen LogP contribution in [0.2, 0.25) is 0 Å². The lowest BCUT2D eigenvalue weighted by Gasteiger charge is -2.28. The molecule has 160 valence electrons. The third-order valence-corrected chi connectivity index (χ3v) is 11.1. The van der Waals surface area contributed by atoms with Crippen molar-refractivity contribution in [3.63, 3.8) is 0 Å². The summed E-state index contributed by atoms with van der Waals surface area (Å²) in [5.74, 6) is 0. The first-order valence-corrected chi connectivity index (χ1v) is 14.6. The minimum atomic E-state index is -0.642. The van der Waals surface area contributed by atoms with Gasteiger partial charge in [-0.3, -0.25) is 0 Å². The maximum atomic E-state index is 2.44. The van der Waals surface area contributed by atoms with Crippen LogP contribution in [0.1, 0.15) is 130 Å². The Morgan fingerprint density at radius 2 is 0.654 bits per heavy atom. The summed E-state index contributed by atoms with van der Waals surface area (Å²) in [5, 5.41) is 0. The second kappa shape index (κ2) is 22.0. The van der Waals surface area contributed by atoms with Crippen LogP contribution in [0.4, 0.5) is 0 Å². The molecule has 0 bridgehead atoms. The average molecular weight is 407 g/mol. The first-order chi connectivity index (χ1) is 12.2. The lowest BCUT2D eigenvalue weighted by Crippen LogP contribution is -3.00. The summed E-state index contributed by atoms with van der Waals surface area (Å²) in [7, 11) is -0.642. The Labute approximate surface area is 174 Å². The summed E-state index contributed by atoms with van der Waals surface area (Å²) in [5.41, 5.74) is 0. The molecule has 0 atom stereocenters. The Kier molecular flexibility index (Phi) is 24.5. The van der Waals surface area contributed by atoms with Crippen molar-refractivity contribution < 1.29 is 12.4 Å². The van der Waals surface area contributed by atoms with E-state index in [1.165, 1.54) is 103 Å². The van der Waals surface area contributed by atoms with Crippen molar-refractivity contribution in [2.24, 2.45) is 0 Å². The van der Waals surface area contributed by atoms with E-state index in [9.17, 15) is 0 Å². The van der Waals surface area contributed by atoms with Gasteiger partial charge in [0.1, 0.15) is 0 Å². The van der Waals surface area contributed by atoms with Gasteiger partial charge < -0.3 is 12.4 Å². The first kappa shape index (κ1) is 28.9. The van der Waals surface area contributed by atoms with Gasteiger partial charge in [0.25, 0.3) is 0 Å². The topological polar surface area (TPSA) is 0 Å². The fourth-order valence-corrected chi connectivity index (χ4v) is 9.27. The molecule has 0 heterocycles. The van der Waals surface area contributed by atoms with Gasteiger partial charge in [0.15, 0.2) is 0 Å². The summed E-state index contributed by atoms with van der Waals surface area (Å²) < 4.78 is 0.